The molecular formula is C17H18N2O. The van der Waals surface area contributed by atoms with Crippen molar-refractivity contribution in [2.75, 3.05) is 6.54 Å². The Bertz CT molecular complexity index is 605. The van der Waals surface area contributed by atoms with Crippen LogP contribution in [0.2, 0.25) is 0 Å². The number of nitrogens with one attached hydrogen (secondary N) is 1. The van der Waals surface area contributed by atoms with Gasteiger partial charge in [-0.15, -0.1) is 0 Å². The van der Waals surface area contributed by atoms with E-state index in [-0.39, 0.29) is 0 Å². The molecule has 1 aromatic carbocycles. The van der Waals surface area contributed by atoms with Crippen LogP contribution >= 0.6 is 0 Å². The number of pyridine rings is 1. The largest absolute Gasteiger partial charge is 0.456 e. The smallest absolute Gasteiger partial charge is 0.145 e. The molecule has 1 N–H and O–H groups in total. The summed E-state index contributed by atoms with van der Waals surface area (Å²) in [5, 5.41) is 3.66. The molecule has 4 rings (SSSR count). The molecule has 2 aliphatic rings. The molecule has 2 unspecified atom stereocenters. The van der Waals surface area contributed by atoms with Crippen LogP contribution in [0.15, 0.2) is 48.8 Å². The van der Waals surface area contributed by atoms with E-state index in [2.05, 4.69) is 16.4 Å². The summed E-state index contributed by atoms with van der Waals surface area (Å²) in [4.78, 5) is 4.34. The Morgan fingerprint density at radius 2 is 2.05 bits per heavy atom. The van der Waals surface area contributed by atoms with Gasteiger partial charge in [0.2, 0.25) is 0 Å². The number of hydrogen-bond donors (Lipinski definition) is 1. The standard InChI is InChI=1S/C17H18N2O/c1-2-5-14(6-3-1)20-15-9-13(11-18-12-15)16-10-17(16)7-4-8-19-17/h1-3,5-6,9,11-12,16,19H,4,7-8,10H2. The topological polar surface area (TPSA) is 34.1 Å². The lowest BCUT2D eigenvalue weighted by Gasteiger charge is -2.11. The molecule has 1 spiro atoms. The van der Waals surface area contributed by atoms with E-state index in [9.17, 15) is 0 Å². The summed E-state index contributed by atoms with van der Waals surface area (Å²) in [6, 6.07) is 12.0. The Kier molecular flexibility index (Phi) is 2.74. The fourth-order valence-electron chi connectivity index (χ4n) is 3.35. The second-order valence-corrected chi connectivity index (χ2v) is 5.81. The molecule has 1 aromatic heterocycles. The monoisotopic (exact) mass is 266 g/mol. The molecule has 2 aromatic rings. The predicted octanol–water partition coefficient (Wildman–Crippen LogP) is 3.48. The normalized spacial score (nSPS) is 27.7. The summed E-state index contributed by atoms with van der Waals surface area (Å²) in [6.45, 7) is 1.16. The third-order valence-corrected chi connectivity index (χ3v) is 4.47. The van der Waals surface area contributed by atoms with Crippen LogP contribution in [0, 0.1) is 0 Å². The van der Waals surface area contributed by atoms with Gasteiger partial charge in [0.05, 0.1) is 6.20 Å². The van der Waals surface area contributed by atoms with Gasteiger partial charge in [-0.05, 0) is 49.6 Å². The van der Waals surface area contributed by atoms with Crippen LogP contribution in [-0.2, 0) is 0 Å². The zero-order valence-corrected chi connectivity index (χ0v) is 11.4. The molecular weight excluding hydrogens is 248 g/mol. The summed E-state index contributed by atoms with van der Waals surface area (Å²) >= 11 is 0. The van der Waals surface area contributed by atoms with Crippen LogP contribution in [-0.4, -0.2) is 17.1 Å². The number of aromatic nitrogens is 1. The molecule has 102 valence electrons. The molecule has 0 bridgehead atoms. The number of para-hydroxylation sites is 1. The van der Waals surface area contributed by atoms with Gasteiger partial charge < -0.3 is 10.1 Å². The van der Waals surface area contributed by atoms with Crippen LogP contribution in [0.25, 0.3) is 0 Å². The highest BCUT2D eigenvalue weighted by molar-refractivity contribution is 5.38. The van der Waals surface area contributed by atoms with E-state index in [1.165, 1.54) is 24.8 Å². The average molecular weight is 266 g/mol. The fourth-order valence-corrected chi connectivity index (χ4v) is 3.35. The Labute approximate surface area is 119 Å². The van der Waals surface area contributed by atoms with E-state index in [1.807, 2.05) is 36.5 Å². The molecule has 2 heterocycles. The molecule has 20 heavy (non-hydrogen) atoms. The Balaban J connectivity index is 1.54. The first-order valence-corrected chi connectivity index (χ1v) is 7.29. The summed E-state index contributed by atoms with van der Waals surface area (Å²) in [5.41, 5.74) is 1.67. The molecule has 0 amide bonds. The second kappa shape index (κ2) is 4.60. The molecule has 0 radical (unpaired) electrons. The molecule has 3 heteroatoms. The Morgan fingerprint density at radius 1 is 1.15 bits per heavy atom. The van der Waals surface area contributed by atoms with E-state index in [4.69, 9.17) is 4.74 Å². The van der Waals surface area contributed by atoms with Gasteiger partial charge in [-0.3, -0.25) is 4.98 Å². The maximum atomic E-state index is 5.87. The van der Waals surface area contributed by atoms with Crippen molar-refractivity contribution in [1.29, 1.82) is 0 Å². The first-order valence-electron chi connectivity index (χ1n) is 7.29. The summed E-state index contributed by atoms with van der Waals surface area (Å²) < 4.78 is 5.87. The van der Waals surface area contributed by atoms with Crippen LogP contribution in [0.1, 0.15) is 30.7 Å². The SMILES string of the molecule is c1ccc(Oc2cncc(C3CC34CCCN4)c2)cc1. The molecule has 2 atom stereocenters. The van der Waals surface area contributed by atoms with Gasteiger partial charge in [-0.2, -0.15) is 0 Å². The highest BCUT2D eigenvalue weighted by Crippen LogP contribution is 2.56. The first kappa shape index (κ1) is 11.9. The van der Waals surface area contributed by atoms with Crippen molar-refractivity contribution in [1.82, 2.24) is 10.3 Å². The average Bonchev–Trinajstić information content (AvgIpc) is 2.98. The zero-order chi connectivity index (χ0) is 13.4. The minimum Gasteiger partial charge on any atom is -0.456 e. The number of benzene rings is 1. The molecule has 1 saturated carbocycles. The van der Waals surface area contributed by atoms with Crippen molar-refractivity contribution in [3.63, 3.8) is 0 Å². The van der Waals surface area contributed by atoms with Crippen LogP contribution in [0.3, 0.4) is 0 Å². The van der Waals surface area contributed by atoms with Gasteiger partial charge in [-0.1, -0.05) is 18.2 Å². The minimum absolute atomic E-state index is 0.368. The lowest BCUT2D eigenvalue weighted by molar-refractivity contribution is 0.479. The molecule has 1 aliphatic heterocycles. The van der Waals surface area contributed by atoms with Crippen molar-refractivity contribution >= 4 is 0 Å². The fraction of sp³-hybridized carbons (Fsp3) is 0.353. The minimum atomic E-state index is 0.368. The quantitative estimate of drug-likeness (QED) is 0.923. The van der Waals surface area contributed by atoms with E-state index in [0.717, 1.165) is 18.0 Å². The summed E-state index contributed by atoms with van der Waals surface area (Å²) in [6.07, 6.45) is 7.60. The Hall–Kier alpha value is -1.87. The van der Waals surface area contributed by atoms with Crippen molar-refractivity contribution in [2.45, 2.75) is 30.7 Å². The third-order valence-electron chi connectivity index (χ3n) is 4.47. The van der Waals surface area contributed by atoms with E-state index in [1.54, 1.807) is 6.20 Å². The van der Waals surface area contributed by atoms with Gasteiger partial charge in [0.25, 0.3) is 0 Å². The van der Waals surface area contributed by atoms with Gasteiger partial charge in [-0.25, -0.2) is 0 Å². The van der Waals surface area contributed by atoms with Gasteiger partial charge in [0.1, 0.15) is 11.5 Å². The van der Waals surface area contributed by atoms with Crippen LogP contribution in [0.4, 0.5) is 0 Å². The summed E-state index contributed by atoms with van der Waals surface area (Å²) in [7, 11) is 0. The van der Waals surface area contributed by atoms with E-state index < -0.39 is 0 Å². The van der Waals surface area contributed by atoms with Gasteiger partial charge >= 0.3 is 0 Å². The van der Waals surface area contributed by atoms with Crippen molar-refractivity contribution in [3.8, 4) is 11.5 Å². The van der Waals surface area contributed by atoms with Crippen LogP contribution in [0.5, 0.6) is 11.5 Å². The van der Waals surface area contributed by atoms with E-state index >= 15 is 0 Å². The number of ether oxygens (including phenoxy) is 1. The maximum Gasteiger partial charge on any atom is 0.145 e. The molecule has 2 fully saturated rings. The lowest BCUT2D eigenvalue weighted by atomic mass is 10.1. The summed E-state index contributed by atoms with van der Waals surface area (Å²) in [5.74, 6) is 2.29. The molecule has 3 nitrogen and oxygen atoms in total. The number of hydrogen-bond acceptors (Lipinski definition) is 3. The predicted molar refractivity (Wildman–Crippen MR) is 78.1 cm³/mol. The second-order valence-electron chi connectivity index (χ2n) is 5.81. The van der Waals surface area contributed by atoms with Gasteiger partial charge in [0.15, 0.2) is 0 Å². The highest BCUT2D eigenvalue weighted by Gasteiger charge is 2.55. The Morgan fingerprint density at radius 3 is 2.85 bits per heavy atom. The third kappa shape index (κ3) is 2.08. The lowest BCUT2D eigenvalue weighted by Crippen LogP contribution is -2.25. The van der Waals surface area contributed by atoms with E-state index in [0.29, 0.717) is 11.5 Å². The first-order chi connectivity index (χ1) is 9.86. The molecule has 1 aliphatic carbocycles. The van der Waals surface area contributed by atoms with Crippen molar-refractivity contribution < 1.29 is 4.74 Å². The molecule has 1 saturated heterocycles. The van der Waals surface area contributed by atoms with Crippen molar-refractivity contribution in [3.05, 3.63) is 54.4 Å². The van der Waals surface area contributed by atoms with Crippen molar-refractivity contribution in [2.24, 2.45) is 0 Å². The van der Waals surface area contributed by atoms with Gasteiger partial charge in [0, 0.05) is 17.7 Å². The zero-order valence-electron chi connectivity index (χ0n) is 11.4. The maximum absolute atomic E-state index is 5.87. The number of nitrogens with zero attached hydrogens (tertiary/aromatic N) is 1. The highest BCUT2D eigenvalue weighted by atomic mass is 16.5. The number of rotatable bonds is 3. The van der Waals surface area contributed by atoms with Crippen LogP contribution < -0.4 is 10.1 Å².